The average molecular weight is 579 g/mol. The van der Waals surface area contributed by atoms with Gasteiger partial charge in [-0.1, -0.05) is 62.4 Å². The van der Waals surface area contributed by atoms with E-state index in [9.17, 15) is 19.8 Å². The lowest BCUT2D eigenvalue weighted by atomic mass is 9.86. The topological polar surface area (TPSA) is 105 Å². The Labute approximate surface area is 251 Å². The number of likely N-dealkylation sites (N-methyl/N-ethyl adjacent to an activating group) is 2. The van der Waals surface area contributed by atoms with Crippen LogP contribution in [0.2, 0.25) is 0 Å². The molecule has 2 aromatic carbocycles. The van der Waals surface area contributed by atoms with E-state index in [1.54, 1.807) is 0 Å². The predicted octanol–water partition coefficient (Wildman–Crippen LogP) is 3.74. The number of hydrogen-bond acceptors (Lipinski definition) is 6. The molecule has 2 aliphatic rings. The SMILES string of the molecule is CCN(CCN(CC)Cc1cccc(CC(C(=O)O)C2CCNC2)c1)Cc1cccc(CC(C(=O)O)C2CCNC2)c1. The second-order valence-corrected chi connectivity index (χ2v) is 12.2. The quantitative estimate of drug-likeness (QED) is 0.225. The van der Waals surface area contributed by atoms with Crippen LogP contribution in [0.3, 0.4) is 0 Å². The molecule has 0 spiro atoms. The van der Waals surface area contributed by atoms with Gasteiger partial charge < -0.3 is 20.8 Å². The van der Waals surface area contributed by atoms with Gasteiger partial charge in [0.2, 0.25) is 0 Å². The van der Waals surface area contributed by atoms with Crippen LogP contribution in [-0.2, 0) is 35.5 Å². The summed E-state index contributed by atoms with van der Waals surface area (Å²) in [6, 6.07) is 16.9. The molecule has 4 atom stereocenters. The van der Waals surface area contributed by atoms with E-state index < -0.39 is 11.9 Å². The van der Waals surface area contributed by atoms with E-state index in [0.717, 1.165) is 89.4 Å². The van der Waals surface area contributed by atoms with Crippen molar-refractivity contribution < 1.29 is 19.8 Å². The molecule has 4 rings (SSSR count). The largest absolute Gasteiger partial charge is 0.481 e. The fraction of sp³-hybridized carbons (Fsp3) is 0.588. The first-order valence-corrected chi connectivity index (χ1v) is 15.8. The Morgan fingerprint density at radius 2 is 1.14 bits per heavy atom. The van der Waals surface area contributed by atoms with Crippen molar-refractivity contribution in [3.63, 3.8) is 0 Å². The zero-order valence-corrected chi connectivity index (χ0v) is 25.4. The van der Waals surface area contributed by atoms with E-state index in [1.807, 2.05) is 0 Å². The zero-order valence-electron chi connectivity index (χ0n) is 25.4. The Bertz CT molecular complexity index is 1060. The van der Waals surface area contributed by atoms with Crippen LogP contribution in [-0.4, -0.2) is 84.3 Å². The van der Waals surface area contributed by atoms with Crippen molar-refractivity contribution in [1.29, 1.82) is 0 Å². The normalized spacial score (nSPS) is 20.3. The summed E-state index contributed by atoms with van der Waals surface area (Å²) in [5, 5.41) is 26.3. The molecular formula is C34H50N4O4. The Hall–Kier alpha value is -2.78. The van der Waals surface area contributed by atoms with Crippen molar-refractivity contribution >= 4 is 11.9 Å². The van der Waals surface area contributed by atoms with E-state index in [4.69, 9.17) is 0 Å². The molecule has 8 nitrogen and oxygen atoms in total. The number of benzene rings is 2. The predicted molar refractivity (Wildman–Crippen MR) is 166 cm³/mol. The van der Waals surface area contributed by atoms with Crippen molar-refractivity contribution in [3.05, 3.63) is 70.8 Å². The summed E-state index contributed by atoms with van der Waals surface area (Å²) in [5.74, 6) is -1.68. The minimum atomic E-state index is -0.692. The van der Waals surface area contributed by atoms with Gasteiger partial charge in [-0.3, -0.25) is 19.4 Å². The molecule has 4 unspecified atom stereocenters. The summed E-state index contributed by atoms with van der Waals surface area (Å²) in [7, 11) is 0. The lowest BCUT2D eigenvalue weighted by molar-refractivity contribution is -0.144. The molecule has 0 saturated carbocycles. The molecule has 0 aromatic heterocycles. The van der Waals surface area contributed by atoms with Gasteiger partial charge in [0.25, 0.3) is 0 Å². The molecule has 0 amide bonds. The zero-order chi connectivity index (χ0) is 29.9. The number of nitrogens with zero attached hydrogens (tertiary/aromatic N) is 2. The Morgan fingerprint density at radius 1 is 0.738 bits per heavy atom. The van der Waals surface area contributed by atoms with Crippen molar-refractivity contribution in [1.82, 2.24) is 20.4 Å². The standard InChI is InChI=1S/C34H50N4O4/c1-3-37(23-27-9-5-7-25(17-27)19-31(33(39)40)29-11-13-35-21-29)15-16-38(4-2)24-28-10-6-8-26(18-28)20-32(34(41)42)30-12-14-36-22-30/h5-10,17-18,29-32,35-36H,3-4,11-16,19-24H2,1-2H3,(H,39,40)(H,41,42). The van der Waals surface area contributed by atoms with Crippen LogP contribution in [0.1, 0.15) is 48.9 Å². The molecule has 2 heterocycles. The minimum Gasteiger partial charge on any atom is -0.481 e. The van der Waals surface area contributed by atoms with Crippen LogP contribution in [0.15, 0.2) is 48.5 Å². The molecule has 2 saturated heterocycles. The maximum absolute atomic E-state index is 12.0. The first kappa shape index (κ1) is 32.1. The van der Waals surface area contributed by atoms with E-state index in [2.05, 4.69) is 82.8 Å². The van der Waals surface area contributed by atoms with Crippen LogP contribution in [0, 0.1) is 23.7 Å². The molecule has 0 aliphatic carbocycles. The highest BCUT2D eigenvalue weighted by Gasteiger charge is 2.31. The smallest absolute Gasteiger partial charge is 0.307 e. The number of nitrogens with one attached hydrogen (secondary N) is 2. The number of hydrogen-bond donors (Lipinski definition) is 4. The molecule has 230 valence electrons. The Morgan fingerprint density at radius 3 is 1.48 bits per heavy atom. The van der Waals surface area contributed by atoms with Crippen LogP contribution >= 0.6 is 0 Å². The fourth-order valence-corrected chi connectivity index (χ4v) is 6.67. The van der Waals surface area contributed by atoms with Gasteiger partial charge in [0.05, 0.1) is 11.8 Å². The van der Waals surface area contributed by atoms with Crippen molar-refractivity contribution in [2.24, 2.45) is 23.7 Å². The van der Waals surface area contributed by atoms with Gasteiger partial charge in [-0.2, -0.15) is 0 Å². The summed E-state index contributed by atoms with van der Waals surface area (Å²) in [5.41, 5.74) is 4.66. The van der Waals surface area contributed by atoms with Gasteiger partial charge in [-0.05, 0) is 99.0 Å². The van der Waals surface area contributed by atoms with Gasteiger partial charge >= 0.3 is 11.9 Å². The number of aliphatic carboxylic acids is 2. The number of carboxylic acids is 2. The van der Waals surface area contributed by atoms with Crippen molar-refractivity contribution in [2.45, 2.75) is 52.6 Å². The van der Waals surface area contributed by atoms with E-state index in [-0.39, 0.29) is 23.7 Å². The summed E-state index contributed by atoms with van der Waals surface area (Å²) in [6.45, 7) is 13.2. The first-order chi connectivity index (χ1) is 20.4. The molecule has 4 N–H and O–H groups in total. The van der Waals surface area contributed by atoms with Crippen LogP contribution in [0.4, 0.5) is 0 Å². The van der Waals surface area contributed by atoms with Crippen LogP contribution in [0.25, 0.3) is 0 Å². The second-order valence-electron chi connectivity index (χ2n) is 12.2. The molecule has 8 heteroatoms. The van der Waals surface area contributed by atoms with Crippen LogP contribution < -0.4 is 10.6 Å². The van der Waals surface area contributed by atoms with Gasteiger partial charge in [0, 0.05) is 26.2 Å². The molecule has 42 heavy (non-hydrogen) atoms. The molecule has 2 fully saturated rings. The van der Waals surface area contributed by atoms with Crippen molar-refractivity contribution in [2.75, 3.05) is 52.4 Å². The van der Waals surface area contributed by atoms with Crippen LogP contribution in [0.5, 0.6) is 0 Å². The van der Waals surface area contributed by atoms with E-state index in [0.29, 0.717) is 12.8 Å². The summed E-state index contributed by atoms with van der Waals surface area (Å²) in [4.78, 5) is 28.9. The van der Waals surface area contributed by atoms with Gasteiger partial charge in [-0.15, -0.1) is 0 Å². The first-order valence-electron chi connectivity index (χ1n) is 15.8. The lowest BCUT2D eigenvalue weighted by Crippen LogP contribution is -2.34. The average Bonchev–Trinajstić information content (AvgIpc) is 3.71. The second kappa shape index (κ2) is 16.2. The highest BCUT2D eigenvalue weighted by molar-refractivity contribution is 5.71. The Kier molecular flexibility index (Phi) is 12.4. The summed E-state index contributed by atoms with van der Waals surface area (Å²) < 4.78 is 0. The fourth-order valence-electron chi connectivity index (χ4n) is 6.67. The highest BCUT2D eigenvalue weighted by atomic mass is 16.4. The number of carbonyl (C=O) groups is 2. The molecule has 0 bridgehead atoms. The highest BCUT2D eigenvalue weighted by Crippen LogP contribution is 2.25. The van der Waals surface area contributed by atoms with Crippen molar-refractivity contribution in [3.8, 4) is 0 Å². The third kappa shape index (κ3) is 9.36. The molecule has 2 aromatic rings. The molecule has 2 aliphatic heterocycles. The lowest BCUT2D eigenvalue weighted by Gasteiger charge is -2.27. The van der Waals surface area contributed by atoms with E-state index in [1.165, 1.54) is 11.1 Å². The maximum Gasteiger partial charge on any atom is 0.307 e. The third-order valence-corrected chi connectivity index (χ3v) is 9.30. The van der Waals surface area contributed by atoms with Gasteiger partial charge in [-0.25, -0.2) is 0 Å². The molecular weight excluding hydrogens is 528 g/mol. The summed E-state index contributed by atoms with van der Waals surface area (Å²) in [6.07, 6.45) is 3.02. The number of carboxylic acid groups (broad SMARTS) is 2. The van der Waals surface area contributed by atoms with Gasteiger partial charge in [0.15, 0.2) is 0 Å². The molecule has 0 radical (unpaired) electrons. The number of rotatable bonds is 17. The maximum atomic E-state index is 12.0. The van der Waals surface area contributed by atoms with Gasteiger partial charge in [0.1, 0.15) is 0 Å². The summed E-state index contributed by atoms with van der Waals surface area (Å²) >= 11 is 0. The third-order valence-electron chi connectivity index (χ3n) is 9.30. The van der Waals surface area contributed by atoms with E-state index >= 15 is 0 Å². The minimum absolute atomic E-state index is 0.196. The monoisotopic (exact) mass is 578 g/mol. The Balaban J connectivity index is 1.31.